The summed E-state index contributed by atoms with van der Waals surface area (Å²) in [6.07, 6.45) is 2.02. The normalized spacial score (nSPS) is 18.2. The molecule has 1 aromatic carbocycles. The maximum Gasteiger partial charge on any atom is 0.270 e. The fourth-order valence-electron chi connectivity index (χ4n) is 2.60. The predicted molar refractivity (Wildman–Crippen MR) is 79.8 cm³/mol. The molecule has 4 heteroatoms. The van der Waals surface area contributed by atoms with Crippen LogP contribution in [0.4, 0.5) is 11.4 Å². The maximum absolute atomic E-state index is 12.7. The molecule has 2 heterocycles. The largest absolute Gasteiger partial charge is 0.397 e. The number of aryl methyl sites for hydroxylation is 1. The van der Waals surface area contributed by atoms with Crippen molar-refractivity contribution in [3.05, 3.63) is 46.2 Å². The molecule has 2 N–H and O–H groups in total. The second-order valence-corrected chi connectivity index (χ2v) is 5.81. The third-order valence-corrected chi connectivity index (χ3v) is 4.55. The van der Waals surface area contributed by atoms with E-state index in [4.69, 9.17) is 5.73 Å². The second-order valence-electron chi connectivity index (χ2n) is 4.90. The lowest BCUT2D eigenvalue weighted by Gasteiger charge is -2.35. The summed E-state index contributed by atoms with van der Waals surface area (Å²) in [4.78, 5) is 15.2. The van der Waals surface area contributed by atoms with Crippen molar-refractivity contribution in [2.75, 3.05) is 10.6 Å². The van der Waals surface area contributed by atoms with Gasteiger partial charge < -0.3 is 10.6 Å². The summed E-state index contributed by atoms with van der Waals surface area (Å²) in [5.41, 5.74) is 8.72. The van der Waals surface area contributed by atoms with E-state index >= 15 is 0 Å². The third kappa shape index (κ3) is 2.02. The highest BCUT2D eigenvalue weighted by atomic mass is 32.1. The topological polar surface area (TPSA) is 46.3 Å². The summed E-state index contributed by atoms with van der Waals surface area (Å²) in [5, 5.41) is 1.86. The molecule has 3 nitrogen and oxygen atoms in total. The van der Waals surface area contributed by atoms with Crippen LogP contribution in [-0.4, -0.2) is 11.9 Å². The Labute approximate surface area is 116 Å². The lowest BCUT2D eigenvalue weighted by molar-refractivity contribution is 0.0980. The van der Waals surface area contributed by atoms with Gasteiger partial charge in [0.15, 0.2) is 0 Å². The molecule has 1 aliphatic rings. The van der Waals surface area contributed by atoms with E-state index < -0.39 is 0 Å². The van der Waals surface area contributed by atoms with Crippen LogP contribution in [0, 0.1) is 0 Å². The Morgan fingerprint density at radius 2 is 2.16 bits per heavy atom. The Kier molecular flexibility index (Phi) is 3.03. The van der Waals surface area contributed by atoms with Crippen LogP contribution in [0.2, 0.25) is 0 Å². The van der Waals surface area contributed by atoms with E-state index in [2.05, 4.69) is 13.0 Å². The first kappa shape index (κ1) is 12.2. The van der Waals surface area contributed by atoms with E-state index in [1.807, 2.05) is 28.5 Å². The van der Waals surface area contributed by atoms with Crippen molar-refractivity contribution in [3.8, 4) is 0 Å². The van der Waals surface area contributed by atoms with Gasteiger partial charge in [0, 0.05) is 11.7 Å². The quantitative estimate of drug-likeness (QED) is 0.865. The molecule has 2 aromatic rings. The van der Waals surface area contributed by atoms with Gasteiger partial charge in [0.05, 0.1) is 5.69 Å². The summed E-state index contributed by atoms with van der Waals surface area (Å²) in [6, 6.07) is 10.1. The van der Waals surface area contributed by atoms with Crippen molar-refractivity contribution in [3.63, 3.8) is 0 Å². The molecular formula is C15H16N2OS. The van der Waals surface area contributed by atoms with Gasteiger partial charge in [0.2, 0.25) is 0 Å². The average molecular weight is 272 g/mol. The van der Waals surface area contributed by atoms with E-state index in [0.29, 0.717) is 10.6 Å². The maximum atomic E-state index is 12.7. The van der Waals surface area contributed by atoms with E-state index in [1.165, 1.54) is 16.9 Å². The van der Waals surface area contributed by atoms with Crippen LogP contribution in [0.1, 0.15) is 28.6 Å². The molecule has 1 unspecified atom stereocenters. The Morgan fingerprint density at radius 1 is 1.37 bits per heavy atom. The molecule has 0 saturated carbocycles. The zero-order valence-electron chi connectivity index (χ0n) is 10.8. The lowest BCUT2D eigenvalue weighted by atomic mass is 9.96. The standard InChI is InChI=1S/C15H16N2OS/c1-10-6-7-11-4-2-3-5-13(11)17(10)15(18)14-12(16)8-9-19-14/h2-5,8-10H,6-7,16H2,1H3. The van der Waals surface area contributed by atoms with Crippen LogP contribution >= 0.6 is 11.3 Å². The minimum Gasteiger partial charge on any atom is -0.397 e. The molecule has 0 bridgehead atoms. The fourth-order valence-corrected chi connectivity index (χ4v) is 3.35. The molecule has 0 radical (unpaired) electrons. The number of fused-ring (bicyclic) bond motifs is 1. The van der Waals surface area contributed by atoms with Gasteiger partial charge in [-0.15, -0.1) is 11.3 Å². The average Bonchev–Trinajstić information content (AvgIpc) is 2.84. The Balaban J connectivity index is 2.05. The van der Waals surface area contributed by atoms with Crippen LogP contribution in [0.15, 0.2) is 35.7 Å². The second kappa shape index (κ2) is 4.70. The summed E-state index contributed by atoms with van der Waals surface area (Å²) >= 11 is 1.41. The van der Waals surface area contributed by atoms with Crippen LogP contribution in [0.3, 0.4) is 0 Å². The number of nitrogen functional groups attached to an aromatic ring is 1. The van der Waals surface area contributed by atoms with Gasteiger partial charge in [-0.3, -0.25) is 4.79 Å². The highest BCUT2D eigenvalue weighted by Crippen LogP contribution is 2.33. The molecule has 0 saturated heterocycles. The van der Waals surface area contributed by atoms with Crippen LogP contribution in [-0.2, 0) is 6.42 Å². The van der Waals surface area contributed by atoms with Crippen molar-refractivity contribution < 1.29 is 4.79 Å². The highest BCUT2D eigenvalue weighted by molar-refractivity contribution is 7.12. The van der Waals surface area contributed by atoms with Gasteiger partial charge in [-0.1, -0.05) is 18.2 Å². The molecule has 3 rings (SSSR count). The van der Waals surface area contributed by atoms with Crippen LogP contribution in [0.5, 0.6) is 0 Å². The van der Waals surface area contributed by atoms with E-state index in [1.54, 1.807) is 6.07 Å². The van der Waals surface area contributed by atoms with Gasteiger partial charge in [-0.05, 0) is 42.8 Å². The zero-order valence-corrected chi connectivity index (χ0v) is 11.6. The number of thiophene rings is 1. The van der Waals surface area contributed by atoms with Crippen LogP contribution in [0.25, 0.3) is 0 Å². The number of nitrogens with two attached hydrogens (primary N) is 1. The Morgan fingerprint density at radius 3 is 2.89 bits per heavy atom. The van der Waals surface area contributed by atoms with Gasteiger partial charge in [-0.2, -0.15) is 0 Å². The first-order valence-corrected chi connectivity index (χ1v) is 7.31. The molecule has 98 valence electrons. The number of anilines is 2. The van der Waals surface area contributed by atoms with E-state index in [-0.39, 0.29) is 11.9 Å². The molecule has 0 fully saturated rings. The van der Waals surface area contributed by atoms with Gasteiger partial charge >= 0.3 is 0 Å². The minimum absolute atomic E-state index is 0.0205. The van der Waals surface area contributed by atoms with Crippen molar-refractivity contribution in [1.82, 2.24) is 0 Å². The third-order valence-electron chi connectivity index (χ3n) is 3.63. The number of amides is 1. The monoisotopic (exact) mass is 272 g/mol. The summed E-state index contributed by atoms with van der Waals surface area (Å²) < 4.78 is 0. The van der Waals surface area contributed by atoms with E-state index in [0.717, 1.165) is 18.5 Å². The highest BCUT2D eigenvalue weighted by Gasteiger charge is 2.30. The Bertz CT molecular complexity index is 620. The first-order valence-electron chi connectivity index (χ1n) is 6.43. The van der Waals surface area contributed by atoms with Crippen molar-refractivity contribution in [2.45, 2.75) is 25.8 Å². The van der Waals surface area contributed by atoms with E-state index in [9.17, 15) is 4.79 Å². The number of carbonyl (C=O) groups is 1. The summed E-state index contributed by atoms with van der Waals surface area (Å²) in [7, 11) is 0. The number of para-hydroxylation sites is 1. The molecule has 0 aliphatic carbocycles. The first-order chi connectivity index (χ1) is 9.18. The number of hydrogen-bond acceptors (Lipinski definition) is 3. The van der Waals surface area contributed by atoms with Crippen molar-refractivity contribution in [2.24, 2.45) is 0 Å². The predicted octanol–water partition coefficient (Wildman–Crippen LogP) is 3.31. The van der Waals surface area contributed by atoms with Crippen molar-refractivity contribution in [1.29, 1.82) is 0 Å². The fraction of sp³-hybridized carbons (Fsp3) is 0.267. The number of benzene rings is 1. The molecule has 1 aliphatic heterocycles. The number of hydrogen-bond donors (Lipinski definition) is 1. The summed E-state index contributed by atoms with van der Waals surface area (Å²) in [5.74, 6) is 0.0205. The van der Waals surface area contributed by atoms with Gasteiger partial charge in [0.25, 0.3) is 5.91 Å². The van der Waals surface area contributed by atoms with Gasteiger partial charge in [-0.25, -0.2) is 0 Å². The number of rotatable bonds is 1. The molecule has 19 heavy (non-hydrogen) atoms. The van der Waals surface area contributed by atoms with Gasteiger partial charge in [0.1, 0.15) is 4.88 Å². The molecular weight excluding hydrogens is 256 g/mol. The number of carbonyl (C=O) groups excluding carboxylic acids is 1. The smallest absolute Gasteiger partial charge is 0.270 e. The molecule has 1 aromatic heterocycles. The van der Waals surface area contributed by atoms with Crippen molar-refractivity contribution >= 4 is 28.6 Å². The number of nitrogens with zero attached hydrogens (tertiary/aromatic N) is 1. The SMILES string of the molecule is CC1CCc2ccccc2N1C(=O)c1sccc1N. The van der Waals surface area contributed by atoms with Crippen LogP contribution < -0.4 is 10.6 Å². The molecule has 1 atom stereocenters. The molecule has 0 spiro atoms. The Hall–Kier alpha value is -1.81. The summed E-state index contributed by atoms with van der Waals surface area (Å²) in [6.45, 7) is 2.09. The lowest BCUT2D eigenvalue weighted by Crippen LogP contribution is -2.42. The zero-order chi connectivity index (χ0) is 13.4. The minimum atomic E-state index is 0.0205. The molecule has 1 amide bonds.